The Hall–Kier alpha value is -0.370. The van der Waals surface area contributed by atoms with E-state index in [2.05, 4.69) is 19.2 Å². The van der Waals surface area contributed by atoms with E-state index >= 15 is 0 Å². The summed E-state index contributed by atoms with van der Waals surface area (Å²) in [7, 11) is 0. The average molecular weight is 197 g/mol. The lowest BCUT2D eigenvalue weighted by molar-refractivity contribution is -0.120. The largest absolute Gasteiger partial charge is 0.314 e. The average Bonchev–Trinajstić information content (AvgIpc) is 2.66. The Labute approximate surface area is 87.5 Å². The SMILES string of the molecule is CCC(CC)CC(=O)CC1CCCN1. The maximum atomic E-state index is 11.7. The summed E-state index contributed by atoms with van der Waals surface area (Å²) in [4.78, 5) is 11.7. The molecule has 0 aliphatic carbocycles. The third-order valence-corrected chi connectivity index (χ3v) is 3.31. The Morgan fingerprint density at radius 3 is 2.64 bits per heavy atom. The standard InChI is InChI=1S/C12H23NO/c1-3-10(4-2)8-12(14)9-11-6-5-7-13-11/h10-11,13H,3-9H2,1-2H3. The van der Waals surface area contributed by atoms with Crippen LogP contribution in [0.4, 0.5) is 0 Å². The van der Waals surface area contributed by atoms with Crippen molar-refractivity contribution in [3.8, 4) is 0 Å². The zero-order chi connectivity index (χ0) is 10.4. The first-order valence-corrected chi connectivity index (χ1v) is 6.01. The number of rotatable bonds is 6. The molecule has 14 heavy (non-hydrogen) atoms. The van der Waals surface area contributed by atoms with Crippen molar-refractivity contribution in [1.29, 1.82) is 0 Å². The second kappa shape index (κ2) is 6.18. The first kappa shape index (κ1) is 11.7. The first-order valence-electron chi connectivity index (χ1n) is 6.01. The summed E-state index contributed by atoms with van der Waals surface area (Å²) in [5.74, 6) is 1.07. The summed E-state index contributed by atoms with van der Waals surface area (Å²) in [6.45, 7) is 5.45. The van der Waals surface area contributed by atoms with Crippen LogP contribution in [0.3, 0.4) is 0 Å². The number of Topliss-reactive ketones (excluding diaryl/α,β-unsaturated/α-hetero) is 1. The van der Waals surface area contributed by atoms with Crippen LogP contribution in [0.15, 0.2) is 0 Å². The number of carbonyl (C=O) groups excluding carboxylic acids is 1. The molecule has 2 heteroatoms. The van der Waals surface area contributed by atoms with Gasteiger partial charge in [-0.25, -0.2) is 0 Å². The van der Waals surface area contributed by atoms with E-state index in [0.717, 1.165) is 32.2 Å². The molecule has 1 saturated heterocycles. The van der Waals surface area contributed by atoms with Crippen LogP contribution < -0.4 is 5.32 Å². The minimum Gasteiger partial charge on any atom is -0.314 e. The van der Waals surface area contributed by atoms with Crippen LogP contribution in [-0.4, -0.2) is 18.4 Å². The number of ketones is 1. The van der Waals surface area contributed by atoms with Gasteiger partial charge in [-0.2, -0.15) is 0 Å². The van der Waals surface area contributed by atoms with E-state index in [1.165, 1.54) is 12.8 Å². The van der Waals surface area contributed by atoms with Gasteiger partial charge in [-0.3, -0.25) is 4.79 Å². The highest BCUT2D eigenvalue weighted by Gasteiger charge is 2.18. The summed E-state index contributed by atoms with van der Waals surface area (Å²) in [6.07, 6.45) is 6.26. The predicted octanol–water partition coefficient (Wildman–Crippen LogP) is 2.52. The molecule has 0 bridgehead atoms. The van der Waals surface area contributed by atoms with Crippen LogP contribution in [0.5, 0.6) is 0 Å². The molecule has 1 atom stereocenters. The van der Waals surface area contributed by atoms with Crippen molar-refractivity contribution < 1.29 is 4.79 Å². The molecule has 0 saturated carbocycles. The molecule has 0 aromatic heterocycles. The minimum absolute atomic E-state index is 0.457. The van der Waals surface area contributed by atoms with Gasteiger partial charge in [0.05, 0.1) is 0 Å². The van der Waals surface area contributed by atoms with E-state index in [4.69, 9.17) is 0 Å². The molecule has 1 N–H and O–H groups in total. The summed E-state index contributed by atoms with van der Waals surface area (Å²) < 4.78 is 0. The highest BCUT2D eigenvalue weighted by atomic mass is 16.1. The molecule has 0 spiro atoms. The van der Waals surface area contributed by atoms with Crippen molar-refractivity contribution in [2.24, 2.45) is 5.92 Å². The molecule has 0 aromatic rings. The van der Waals surface area contributed by atoms with Crippen LogP contribution in [-0.2, 0) is 4.79 Å². The maximum Gasteiger partial charge on any atom is 0.134 e. The van der Waals surface area contributed by atoms with Crippen LogP contribution in [0, 0.1) is 5.92 Å². The number of nitrogens with one attached hydrogen (secondary N) is 1. The van der Waals surface area contributed by atoms with Gasteiger partial charge < -0.3 is 5.32 Å². The summed E-state index contributed by atoms with van der Waals surface area (Å²) >= 11 is 0. The van der Waals surface area contributed by atoms with Gasteiger partial charge in [0.15, 0.2) is 0 Å². The first-order chi connectivity index (χ1) is 6.76. The quantitative estimate of drug-likeness (QED) is 0.709. The molecule has 2 nitrogen and oxygen atoms in total. The lowest BCUT2D eigenvalue weighted by Gasteiger charge is -2.13. The molecule has 0 radical (unpaired) electrons. The molecule has 1 fully saturated rings. The van der Waals surface area contributed by atoms with Gasteiger partial charge in [0.1, 0.15) is 5.78 Å². The molecule has 0 aromatic carbocycles. The normalized spacial score (nSPS) is 21.8. The van der Waals surface area contributed by atoms with Crippen molar-refractivity contribution in [3.63, 3.8) is 0 Å². The topological polar surface area (TPSA) is 29.1 Å². The van der Waals surface area contributed by atoms with Gasteiger partial charge in [0, 0.05) is 18.9 Å². The Morgan fingerprint density at radius 2 is 2.14 bits per heavy atom. The fourth-order valence-electron chi connectivity index (χ4n) is 2.19. The van der Waals surface area contributed by atoms with Gasteiger partial charge in [0.2, 0.25) is 0 Å². The summed E-state index contributed by atoms with van der Waals surface area (Å²) in [5, 5.41) is 3.38. The van der Waals surface area contributed by atoms with Gasteiger partial charge in [-0.05, 0) is 25.3 Å². The molecule has 1 heterocycles. The van der Waals surface area contributed by atoms with Crippen molar-refractivity contribution in [2.45, 2.75) is 58.4 Å². The van der Waals surface area contributed by atoms with Gasteiger partial charge in [-0.15, -0.1) is 0 Å². The van der Waals surface area contributed by atoms with E-state index in [1.807, 2.05) is 0 Å². The molecular formula is C12H23NO. The van der Waals surface area contributed by atoms with Crippen molar-refractivity contribution in [2.75, 3.05) is 6.54 Å². The van der Waals surface area contributed by atoms with Crippen LogP contribution in [0.1, 0.15) is 52.4 Å². The van der Waals surface area contributed by atoms with Crippen molar-refractivity contribution in [3.05, 3.63) is 0 Å². The van der Waals surface area contributed by atoms with Crippen LogP contribution in [0.2, 0.25) is 0 Å². The molecule has 1 aliphatic heterocycles. The van der Waals surface area contributed by atoms with E-state index < -0.39 is 0 Å². The molecule has 1 aliphatic rings. The number of hydrogen-bond donors (Lipinski definition) is 1. The summed E-state index contributed by atoms with van der Waals surface area (Å²) in [5.41, 5.74) is 0. The smallest absolute Gasteiger partial charge is 0.134 e. The molecule has 82 valence electrons. The molecule has 0 amide bonds. The predicted molar refractivity (Wildman–Crippen MR) is 59.3 cm³/mol. The van der Waals surface area contributed by atoms with Gasteiger partial charge in [-0.1, -0.05) is 26.7 Å². The lowest BCUT2D eigenvalue weighted by Crippen LogP contribution is -2.25. The monoisotopic (exact) mass is 197 g/mol. The molecular weight excluding hydrogens is 174 g/mol. The fourth-order valence-corrected chi connectivity index (χ4v) is 2.19. The molecule has 1 unspecified atom stereocenters. The van der Waals surface area contributed by atoms with Gasteiger partial charge in [0.25, 0.3) is 0 Å². The summed E-state index contributed by atoms with van der Waals surface area (Å²) in [6, 6.07) is 0.483. The Morgan fingerprint density at radius 1 is 1.43 bits per heavy atom. The fraction of sp³-hybridized carbons (Fsp3) is 0.917. The Balaban J connectivity index is 2.20. The number of carbonyl (C=O) groups is 1. The van der Waals surface area contributed by atoms with Crippen molar-refractivity contribution in [1.82, 2.24) is 5.32 Å². The van der Waals surface area contributed by atoms with E-state index in [1.54, 1.807) is 0 Å². The second-order valence-corrected chi connectivity index (χ2v) is 4.42. The maximum absolute atomic E-state index is 11.7. The third kappa shape index (κ3) is 3.79. The third-order valence-electron chi connectivity index (χ3n) is 3.31. The minimum atomic E-state index is 0.457. The Kier molecular flexibility index (Phi) is 5.16. The van der Waals surface area contributed by atoms with Crippen molar-refractivity contribution >= 4 is 5.78 Å². The zero-order valence-corrected chi connectivity index (χ0v) is 9.51. The highest BCUT2D eigenvalue weighted by molar-refractivity contribution is 5.79. The lowest BCUT2D eigenvalue weighted by atomic mass is 9.94. The van der Waals surface area contributed by atoms with E-state index in [-0.39, 0.29) is 0 Å². The highest BCUT2D eigenvalue weighted by Crippen LogP contribution is 2.16. The second-order valence-electron chi connectivity index (χ2n) is 4.42. The zero-order valence-electron chi connectivity index (χ0n) is 9.51. The molecule has 1 rings (SSSR count). The van der Waals surface area contributed by atoms with Crippen LogP contribution >= 0.6 is 0 Å². The Bertz CT molecular complexity index is 163. The van der Waals surface area contributed by atoms with Gasteiger partial charge >= 0.3 is 0 Å². The van der Waals surface area contributed by atoms with E-state index in [9.17, 15) is 4.79 Å². The van der Waals surface area contributed by atoms with Crippen LogP contribution in [0.25, 0.3) is 0 Å². The van der Waals surface area contributed by atoms with E-state index in [0.29, 0.717) is 17.7 Å². The number of hydrogen-bond acceptors (Lipinski definition) is 2.